The van der Waals surface area contributed by atoms with Gasteiger partial charge in [-0.3, -0.25) is 9.59 Å². The highest BCUT2D eigenvalue weighted by Crippen LogP contribution is 2.31. The maximum absolute atomic E-state index is 13.6. The van der Waals surface area contributed by atoms with Crippen LogP contribution in [0.4, 0.5) is 0 Å². The molecule has 0 saturated carbocycles. The van der Waals surface area contributed by atoms with Crippen LogP contribution in [0.15, 0.2) is 36.5 Å². The Bertz CT molecular complexity index is 1030. The van der Waals surface area contributed by atoms with E-state index in [4.69, 9.17) is 4.74 Å². The number of likely N-dealkylation sites (N-methyl/N-ethyl adjacent to an activating group) is 2. The summed E-state index contributed by atoms with van der Waals surface area (Å²) in [5.74, 6) is -0.0644. The first-order valence-electron chi connectivity index (χ1n) is 11.7. The van der Waals surface area contributed by atoms with E-state index < -0.39 is 0 Å². The van der Waals surface area contributed by atoms with Crippen molar-refractivity contribution in [3.05, 3.63) is 47.7 Å². The molecule has 3 atom stereocenters. The summed E-state index contributed by atoms with van der Waals surface area (Å²) in [6.45, 7) is 6.75. The Morgan fingerprint density at radius 3 is 2.62 bits per heavy atom. The highest BCUT2D eigenvalue weighted by atomic mass is 16.5. The fourth-order valence-corrected chi connectivity index (χ4v) is 4.13. The average Bonchev–Trinajstić information content (AvgIpc) is 2.80. The van der Waals surface area contributed by atoms with Gasteiger partial charge in [0.1, 0.15) is 11.7 Å². The lowest BCUT2D eigenvalue weighted by atomic mass is 9.98. The molecule has 0 fully saturated rings. The fourth-order valence-electron chi connectivity index (χ4n) is 4.13. The van der Waals surface area contributed by atoms with Gasteiger partial charge in [0.2, 0.25) is 11.8 Å². The number of rotatable bonds is 7. The van der Waals surface area contributed by atoms with Gasteiger partial charge in [-0.05, 0) is 45.1 Å². The minimum absolute atomic E-state index is 0.0115. The number of pyridine rings is 1. The summed E-state index contributed by atoms with van der Waals surface area (Å²) in [4.78, 5) is 35.9. The third-order valence-electron chi connectivity index (χ3n) is 6.31. The molecule has 0 unspecified atom stereocenters. The van der Waals surface area contributed by atoms with Crippen molar-refractivity contribution in [1.29, 1.82) is 0 Å². The smallest absolute Gasteiger partial charge is 0.259 e. The third-order valence-corrected chi connectivity index (χ3v) is 6.31. The van der Waals surface area contributed by atoms with E-state index in [-0.39, 0.29) is 42.4 Å². The van der Waals surface area contributed by atoms with Crippen LogP contribution in [0, 0.1) is 12.8 Å². The molecule has 0 spiro atoms. The molecule has 1 aliphatic rings. The topological polar surface area (TPSA) is 86.2 Å². The lowest BCUT2D eigenvalue weighted by Crippen LogP contribution is -2.51. The Labute approximate surface area is 202 Å². The van der Waals surface area contributed by atoms with Gasteiger partial charge in [-0.2, -0.15) is 0 Å². The Hall–Kier alpha value is -2.97. The van der Waals surface area contributed by atoms with Crippen molar-refractivity contribution in [3.63, 3.8) is 0 Å². The van der Waals surface area contributed by atoms with E-state index in [1.165, 1.54) is 0 Å². The average molecular weight is 469 g/mol. The molecule has 0 bridgehead atoms. The summed E-state index contributed by atoms with van der Waals surface area (Å²) < 4.78 is 6.30. The number of carbonyl (C=O) groups excluding carboxylic acids is 2. The molecule has 8 nitrogen and oxygen atoms in total. The molecule has 8 heteroatoms. The third kappa shape index (κ3) is 5.74. The van der Waals surface area contributed by atoms with Crippen molar-refractivity contribution in [2.24, 2.45) is 5.92 Å². The molecule has 3 rings (SSSR count). The molecule has 2 heterocycles. The minimum Gasteiger partial charge on any atom is -0.472 e. The van der Waals surface area contributed by atoms with E-state index in [1.807, 2.05) is 70.1 Å². The van der Waals surface area contributed by atoms with Crippen molar-refractivity contribution < 1.29 is 19.4 Å². The standard InChI is InChI=1S/C26H36N4O4/c1-17-9-7-8-10-21(17)20-11-22-25(27-12-20)34-23(14-29(6)24(32)15-28(4)5)18(2)13-30(26(22)33)19(3)16-31/h7-12,18-19,23,31H,13-16H2,1-6H3/t18-,19+,23+/m0/s1. The van der Waals surface area contributed by atoms with Gasteiger partial charge < -0.3 is 24.5 Å². The second-order valence-corrected chi connectivity index (χ2v) is 9.53. The number of nitrogens with zero attached hydrogens (tertiary/aromatic N) is 4. The maximum atomic E-state index is 13.6. The molecule has 0 radical (unpaired) electrons. The number of aromatic nitrogens is 1. The summed E-state index contributed by atoms with van der Waals surface area (Å²) in [5, 5.41) is 9.84. The summed E-state index contributed by atoms with van der Waals surface area (Å²) in [6.07, 6.45) is 1.35. The zero-order chi connectivity index (χ0) is 25.0. The molecule has 0 aliphatic carbocycles. The first kappa shape index (κ1) is 25.6. The summed E-state index contributed by atoms with van der Waals surface area (Å²) in [6, 6.07) is 9.39. The number of aryl methyl sites for hydroxylation is 1. The lowest BCUT2D eigenvalue weighted by Gasteiger charge is -2.37. The molecule has 184 valence electrons. The molecule has 2 amide bonds. The first-order valence-corrected chi connectivity index (χ1v) is 11.7. The van der Waals surface area contributed by atoms with Crippen LogP contribution >= 0.6 is 0 Å². The summed E-state index contributed by atoms with van der Waals surface area (Å²) in [5.41, 5.74) is 3.26. The van der Waals surface area contributed by atoms with E-state index in [9.17, 15) is 14.7 Å². The Morgan fingerprint density at radius 1 is 1.26 bits per heavy atom. The fraction of sp³-hybridized carbons (Fsp3) is 0.500. The summed E-state index contributed by atoms with van der Waals surface area (Å²) in [7, 11) is 5.47. The maximum Gasteiger partial charge on any atom is 0.259 e. The van der Waals surface area contributed by atoms with Crippen LogP contribution in [0.5, 0.6) is 5.88 Å². The van der Waals surface area contributed by atoms with Crippen molar-refractivity contribution in [1.82, 2.24) is 19.7 Å². The van der Waals surface area contributed by atoms with Crippen LogP contribution in [-0.4, -0.2) is 96.1 Å². The van der Waals surface area contributed by atoms with Crippen molar-refractivity contribution in [2.45, 2.75) is 32.9 Å². The van der Waals surface area contributed by atoms with Gasteiger partial charge in [-0.1, -0.05) is 31.2 Å². The Morgan fingerprint density at radius 2 is 1.97 bits per heavy atom. The number of fused-ring (bicyclic) bond motifs is 1. The van der Waals surface area contributed by atoms with E-state index >= 15 is 0 Å². The molecule has 1 N–H and O–H groups in total. The second kappa shape index (κ2) is 11.0. The van der Waals surface area contributed by atoms with Gasteiger partial charge in [-0.15, -0.1) is 0 Å². The largest absolute Gasteiger partial charge is 0.472 e. The zero-order valence-corrected chi connectivity index (χ0v) is 21.0. The number of amides is 2. The molecule has 1 aromatic heterocycles. The number of ether oxygens (including phenoxy) is 1. The highest BCUT2D eigenvalue weighted by molar-refractivity contribution is 5.98. The quantitative estimate of drug-likeness (QED) is 0.671. The van der Waals surface area contributed by atoms with Gasteiger partial charge in [-0.25, -0.2) is 4.98 Å². The predicted molar refractivity (Wildman–Crippen MR) is 132 cm³/mol. The molecule has 2 aromatic rings. The lowest BCUT2D eigenvalue weighted by molar-refractivity contribution is -0.132. The molecule has 1 aliphatic heterocycles. The van der Waals surface area contributed by atoms with E-state index in [0.29, 0.717) is 25.2 Å². The van der Waals surface area contributed by atoms with Crippen molar-refractivity contribution in [3.8, 4) is 17.0 Å². The molecule has 0 saturated heterocycles. The number of aliphatic hydroxyl groups is 1. The number of hydrogen-bond donors (Lipinski definition) is 1. The van der Waals surface area contributed by atoms with Crippen LogP contribution in [0.2, 0.25) is 0 Å². The number of aliphatic hydroxyl groups excluding tert-OH is 1. The zero-order valence-electron chi connectivity index (χ0n) is 21.0. The normalized spacial score (nSPS) is 19.2. The molecular formula is C26H36N4O4. The van der Waals surface area contributed by atoms with Crippen LogP contribution in [-0.2, 0) is 4.79 Å². The second-order valence-electron chi connectivity index (χ2n) is 9.53. The Balaban J connectivity index is 2.00. The minimum atomic E-state index is -0.367. The van der Waals surface area contributed by atoms with Crippen molar-refractivity contribution >= 4 is 11.8 Å². The van der Waals surface area contributed by atoms with E-state index in [0.717, 1.165) is 16.7 Å². The number of benzene rings is 1. The van der Waals surface area contributed by atoms with Crippen LogP contribution in [0.1, 0.15) is 29.8 Å². The predicted octanol–water partition coefficient (Wildman–Crippen LogP) is 2.30. The van der Waals surface area contributed by atoms with Gasteiger partial charge in [0.25, 0.3) is 5.91 Å². The SMILES string of the molecule is Cc1ccccc1-c1cnc2c(c1)C(=O)N([C@H](C)CO)C[C@H](C)[C@@H](CN(C)C(=O)CN(C)C)O2. The molecular weight excluding hydrogens is 432 g/mol. The highest BCUT2D eigenvalue weighted by Gasteiger charge is 2.34. The van der Waals surface area contributed by atoms with Gasteiger partial charge in [0, 0.05) is 31.3 Å². The van der Waals surface area contributed by atoms with Crippen LogP contribution < -0.4 is 4.74 Å². The Kier molecular flexibility index (Phi) is 8.28. The van der Waals surface area contributed by atoms with Gasteiger partial charge in [0.05, 0.1) is 25.7 Å². The van der Waals surface area contributed by atoms with E-state index in [2.05, 4.69) is 4.98 Å². The number of carbonyl (C=O) groups is 2. The summed E-state index contributed by atoms with van der Waals surface area (Å²) >= 11 is 0. The van der Waals surface area contributed by atoms with E-state index in [1.54, 1.807) is 23.0 Å². The molecule has 1 aromatic carbocycles. The van der Waals surface area contributed by atoms with Gasteiger partial charge in [0.15, 0.2) is 0 Å². The van der Waals surface area contributed by atoms with Crippen molar-refractivity contribution in [2.75, 3.05) is 47.4 Å². The first-order chi connectivity index (χ1) is 16.1. The van der Waals surface area contributed by atoms with Gasteiger partial charge >= 0.3 is 0 Å². The van der Waals surface area contributed by atoms with Crippen LogP contribution in [0.3, 0.4) is 0 Å². The monoisotopic (exact) mass is 468 g/mol. The molecule has 34 heavy (non-hydrogen) atoms. The number of hydrogen-bond acceptors (Lipinski definition) is 6. The van der Waals surface area contributed by atoms with Crippen LogP contribution in [0.25, 0.3) is 11.1 Å².